The summed E-state index contributed by atoms with van der Waals surface area (Å²) in [7, 11) is 0. The van der Waals surface area contributed by atoms with E-state index in [-0.39, 0.29) is 23.6 Å². The van der Waals surface area contributed by atoms with Crippen LogP contribution in [0.3, 0.4) is 0 Å². The van der Waals surface area contributed by atoms with Gasteiger partial charge in [0.1, 0.15) is 28.9 Å². The van der Waals surface area contributed by atoms with Crippen LogP contribution in [0.5, 0.6) is 11.5 Å². The van der Waals surface area contributed by atoms with Gasteiger partial charge in [0.25, 0.3) is 0 Å². The fourth-order valence-electron chi connectivity index (χ4n) is 5.82. The number of nitrogens with two attached hydrogens (primary N) is 1. The highest BCUT2D eigenvalue weighted by Gasteiger charge is 2.27. The highest BCUT2D eigenvalue weighted by Crippen LogP contribution is 2.29. The van der Waals surface area contributed by atoms with E-state index in [1.165, 1.54) is 6.33 Å². The van der Waals surface area contributed by atoms with Crippen LogP contribution in [0.25, 0.3) is 16.9 Å². The number of hydrogen-bond donors (Lipinski definition) is 2. The zero-order chi connectivity index (χ0) is 31.8. The number of aromatic nitrogens is 4. The third-order valence-electron chi connectivity index (χ3n) is 8.00. The van der Waals surface area contributed by atoms with Crippen molar-refractivity contribution in [2.75, 3.05) is 31.9 Å². The van der Waals surface area contributed by atoms with E-state index in [1.54, 1.807) is 4.57 Å². The second-order valence-corrected chi connectivity index (χ2v) is 12.6. The van der Waals surface area contributed by atoms with E-state index >= 15 is 0 Å². The van der Waals surface area contributed by atoms with Gasteiger partial charge in [-0.15, -0.1) is 0 Å². The van der Waals surface area contributed by atoms with Crippen molar-refractivity contribution in [3.8, 4) is 17.2 Å². The number of benzene rings is 2. The molecule has 11 nitrogen and oxygen atoms in total. The minimum atomic E-state index is -0.470. The number of carbonyl (C=O) groups excluding carboxylic acids is 1. The Bertz CT molecular complexity index is 1600. The predicted octanol–water partition coefficient (Wildman–Crippen LogP) is 6.07. The van der Waals surface area contributed by atoms with Crippen molar-refractivity contribution in [2.45, 2.75) is 77.4 Å². The van der Waals surface area contributed by atoms with E-state index < -0.39 is 5.60 Å². The second kappa shape index (κ2) is 14.6. The number of likely N-dealkylation sites (tertiary alicyclic amines) is 1. The number of rotatable bonds is 12. The van der Waals surface area contributed by atoms with Crippen LogP contribution >= 0.6 is 0 Å². The Morgan fingerprint density at radius 3 is 2.31 bits per heavy atom. The first kappa shape index (κ1) is 32.0. The van der Waals surface area contributed by atoms with Crippen LogP contribution < -0.4 is 21.5 Å². The number of hydrogen-bond acceptors (Lipinski definition) is 8. The summed E-state index contributed by atoms with van der Waals surface area (Å²) in [6.07, 6.45) is 8.27. The van der Waals surface area contributed by atoms with Crippen LogP contribution in [0, 0.1) is 0 Å². The maximum atomic E-state index is 13.9. The molecule has 0 atom stereocenters. The number of ether oxygens (including phenoxy) is 2. The summed E-state index contributed by atoms with van der Waals surface area (Å²) in [4.78, 5) is 36.9. The standard InChI is InChI=1S/C34H45N7O4/c1-34(2,3)45-32(42)36-20-10-5-4-6-11-21-39-22-18-26(19-23-39)41-31-29(30(35)37-24-38-31)40(33(41)43)25-14-16-28(17-15-25)44-27-12-8-7-9-13-27/h7-9,12-17,24,26H,4-6,10-11,18-23H2,1-3H3,(H,36,42)(H2,35,37,38). The van der Waals surface area contributed by atoms with Crippen LogP contribution in [0.15, 0.2) is 65.7 Å². The number of nitrogen functional groups attached to an aromatic ring is 1. The van der Waals surface area contributed by atoms with Crippen LogP contribution in [-0.4, -0.2) is 61.9 Å². The Hall–Kier alpha value is -4.38. The van der Waals surface area contributed by atoms with Crippen LogP contribution in [0.1, 0.15) is 71.8 Å². The number of carbonyl (C=O) groups is 1. The molecule has 1 saturated heterocycles. The van der Waals surface area contributed by atoms with E-state index in [2.05, 4.69) is 20.2 Å². The van der Waals surface area contributed by atoms with Crippen molar-refractivity contribution in [3.63, 3.8) is 0 Å². The lowest BCUT2D eigenvalue weighted by Gasteiger charge is -2.32. The first-order chi connectivity index (χ1) is 21.7. The van der Waals surface area contributed by atoms with Crippen molar-refractivity contribution in [3.05, 3.63) is 71.4 Å². The molecule has 0 aliphatic carbocycles. The van der Waals surface area contributed by atoms with Gasteiger partial charge in [-0.3, -0.25) is 9.13 Å². The number of nitrogens with one attached hydrogen (secondary N) is 1. The summed E-state index contributed by atoms with van der Waals surface area (Å²) >= 11 is 0. The van der Waals surface area contributed by atoms with E-state index in [9.17, 15) is 9.59 Å². The van der Waals surface area contributed by atoms with Gasteiger partial charge in [-0.2, -0.15) is 0 Å². The summed E-state index contributed by atoms with van der Waals surface area (Å²) in [5, 5.41) is 2.82. The maximum absolute atomic E-state index is 13.9. The lowest BCUT2D eigenvalue weighted by Crippen LogP contribution is -2.38. The summed E-state index contributed by atoms with van der Waals surface area (Å²) in [6, 6.07) is 17.0. The molecule has 2 aromatic heterocycles. The highest BCUT2D eigenvalue weighted by molar-refractivity contribution is 5.84. The highest BCUT2D eigenvalue weighted by atomic mass is 16.6. The van der Waals surface area contributed by atoms with Crippen molar-refractivity contribution < 1.29 is 14.3 Å². The topological polar surface area (TPSA) is 130 Å². The van der Waals surface area contributed by atoms with Gasteiger partial charge in [-0.25, -0.2) is 19.6 Å². The number of piperidine rings is 1. The number of anilines is 1. The van der Waals surface area contributed by atoms with E-state index in [4.69, 9.17) is 15.2 Å². The molecule has 1 fully saturated rings. The second-order valence-electron chi connectivity index (χ2n) is 12.6. The number of amides is 1. The van der Waals surface area contributed by atoms with Gasteiger partial charge >= 0.3 is 11.8 Å². The van der Waals surface area contributed by atoms with Gasteiger partial charge in [0.05, 0.1) is 5.69 Å². The average molecular weight is 616 g/mol. The third kappa shape index (κ3) is 8.42. The van der Waals surface area contributed by atoms with Gasteiger partial charge in [0.15, 0.2) is 11.5 Å². The summed E-state index contributed by atoms with van der Waals surface area (Å²) in [6.45, 7) is 9.13. The van der Waals surface area contributed by atoms with Crippen molar-refractivity contribution in [2.24, 2.45) is 0 Å². The Balaban J connectivity index is 1.14. The maximum Gasteiger partial charge on any atom is 0.407 e. The molecular weight excluding hydrogens is 570 g/mol. The molecule has 0 unspecified atom stereocenters. The molecule has 0 bridgehead atoms. The number of fused-ring (bicyclic) bond motifs is 1. The zero-order valence-corrected chi connectivity index (χ0v) is 26.6. The SMILES string of the molecule is CC(C)(C)OC(=O)NCCCCCCCN1CCC(n2c(=O)n(-c3ccc(Oc4ccccc4)cc3)c3c(N)ncnc32)CC1. The Morgan fingerprint density at radius 2 is 1.60 bits per heavy atom. The first-order valence-corrected chi connectivity index (χ1v) is 16.0. The van der Waals surface area contributed by atoms with Crippen LogP contribution in [-0.2, 0) is 4.74 Å². The Kier molecular flexibility index (Phi) is 10.4. The van der Waals surface area contributed by atoms with Crippen LogP contribution in [0.4, 0.5) is 10.6 Å². The number of para-hydroxylation sites is 1. The molecular formula is C34H45N7O4. The van der Waals surface area contributed by atoms with Crippen molar-refractivity contribution in [1.82, 2.24) is 29.3 Å². The van der Waals surface area contributed by atoms with Gasteiger partial charge in [-0.1, -0.05) is 37.5 Å². The number of unbranched alkanes of at least 4 members (excludes halogenated alkanes) is 4. The monoisotopic (exact) mass is 615 g/mol. The molecule has 0 spiro atoms. The van der Waals surface area contributed by atoms with E-state index in [0.717, 1.165) is 70.3 Å². The number of alkyl carbamates (subject to hydrolysis) is 1. The van der Waals surface area contributed by atoms with Gasteiger partial charge in [-0.05, 0) is 89.4 Å². The molecule has 3 N–H and O–H groups in total. The molecule has 4 aromatic rings. The summed E-state index contributed by atoms with van der Waals surface area (Å²) < 4.78 is 14.6. The molecule has 3 heterocycles. The molecule has 1 aliphatic rings. The number of nitrogens with zero attached hydrogens (tertiary/aromatic N) is 5. The average Bonchev–Trinajstić information content (AvgIpc) is 3.31. The molecule has 5 rings (SSSR count). The van der Waals surface area contributed by atoms with Crippen molar-refractivity contribution >= 4 is 23.1 Å². The zero-order valence-electron chi connectivity index (χ0n) is 26.6. The minimum Gasteiger partial charge on any atom is -0.457 e. The third-order valence-corrected chi connectivity index (χ3v) is 8.00. The normalized spacial score (nSPS) is 14.5. The molecule has 1 aliphatic heterocycles. The molecule has 0 radical (unpaired) electrons. The summed E-state index contributed by atoms with van der Waals surface area (Å²) in [5.41, 5.74) is 7.47. The molecule has 45 heavy (non-hydrogen) atoms. The lowest BCUT2D eigenvalue weighted by molar-refractivity contribution is 0.0527. The number of imidazole rings is 1. The van der Waals surface area contributed by atoms with Gasteiger partial charge < -0.3 is 25.4 Å². The molecule has 1 amide bonds. The van der Waals surface area contributed by atoms with Gasteiger partial charge in [0.2, 0.25) is 0 Å². The quantitative estimate of drug-likeness (QED) is 0.184. The largest absolute Gasteiger partial charge is 0.457 e. The Labute approximate surface area is 264 Å². The fourth-order valence-corrected chi connectivity index (χ4v) is 5.82. The van der Waals surface area contributed by atoms with Gasteiger partial charge in [0, 0.05) is 25.7 Å². The molecule has 2 aromatic carbocycles. The van der Waals surface area contributed by atoms with Crippen molar-refractivity contribution in [1.29, 1.82) is 0 Å². The van der Waals surface area contributed by atoms with Crippen LogP contribution in [0.2, 0.25) is 0 Å². The minimum absolute atomic E-state index is 0.0324. The fraction of sp³-hybridized carbons (Fsp3) is 0.471. The first-order valence-electron chi connectivity index (χ1n) is 16.0. The molecule has 240 valence electrons. The molecule has 0 saturated carbocycles. The van der Waals surface area contributed by atoms with E-state index in [1.807, 2.05) is 79.9 Å². The lowest BCUT2D eigenvalue weighted by atomic mass is 10.0. The predicted molar refractivity (Wildman–Crippen MR) is 176 cm³/mol. The molecule has 11 heteroatoms. The van der Waals surface area contributed by atoms with E-state index in [0.29, 0.717) is 29.1 Å². The smallest absolute Gasteiger partial charge is 0.407 e. The Morgan fingerprint density at radius 1 is 0.933 bits per heavy atom. The summed E-state index contributed by atoms with van der Waals surface area (Å²) in [5.74, 6) is 1.69.